The van der Waals surface area contributed by atoms with Crippen LogP contribution in [0.2, 0.25) is 0 Å². The summed E-state index contributed by atoms with van der Waals surface area (Å²) in [7, 11) is 2.89. The minimum atomic E-state index is -0.663. The van der Waals surface area contributed by atoms with Crippen LogP contribution >= 0.6 is 11.3 Å². The van der Waals surface area contributed by atoms with Gasteiger partial charge in [0.15, 0.2) is 11.6 Å². The Morgan fingerprint density at radius 2 is 2.00 bits per heavy atom. The van der Waals surface area contributed by atoms with Gasteiger partial charge in [-0.1, -0.05) is 0 Å². The van der Waals surface area contributed by atoms with E-state index in [-0.39, 0.29) is 29.1 Å². The van der Waals surface area contributed by atoms with Crippen molar-refractivity contribution in [2.45, 2.75) is 19.9 Å². The first kappa shape index (κ1) is 23.3. The number of nitriles is 1. The normalized spacial score (nSPS) is 11.3. The molecule has 5 aromatic rings. The molecular formula is C24H19FN6O4S. The standard InChI is InChI=1S/C24H19FN6O4S/c1-12-7-14(25)18(35-3)8-13(12)19-9-16-21(36-19)22(32)31(24(34)30(16)6-4-5-26)17-11-27-10-15-20(17)29(2)23(33)28-15/h7-11H,4,6H2,1-3H3,(H,28,33). The predicted octanol–water partition coefficient (Wildman–Crippen LogP) is 2.83. The van der Waals surface area contributed by atoms with E-state index in [4.69, 9.17) is 4.74 Å². The molecule has 1 N–H and O–H groups in total. The van der Waals surface area contributed by atoms with Gasteiger partial charge in [-0.15, -0.1) is 11.3 Å². The molecule has 0 spiro atoms. The third kappa shape index (κ3) is 3.44. The van der Waals surface area contributed by atoms with Crippen LogP contribution in [0, 0.1) is 24.1 Å². The average Bonchev–Trinajstić information content (AvgIpc) is 3.41. The number of aryl methyl sites for hydroxylation is 3. The van der Waals surface area contributed by atoms with E-state index in [1.165, 1.54) is 41.8 Å². The Hall–Kier alpha value is -4.50. The largest absolute Gasteiger partial charge is 0.494 e. The lowest BCUT2D eigenvalue weighted by atomic mass is 10.1. The van der Waals surface area contributed by atoms with E-state index in [9.17, 15) is 24.0 Å². The van der Waals surface area contributed by atoms with E-state index in [0.29, 0.717) is 32.6 Å². The summed E-state index contributed by atoms with van der Waals surface area (Å²) < 4.78 is 23.2. The van der Waals surface area contributed by atoms with Crippen molar-refractivity contribution in [2.75, 3.05) is 7.11 Å². The fourth-order valence-corrected chi connectivity index (χ4v) is 5.47. The van der Waals surface area contributed by atoms with Gasteiger partial charge in [-0.3, -0.25) is 18.9 Å². The number of aromatic nitrogens is 5. The number of rotatable bonds is 5. The summed E-state index contributed by atoms with van der Waals surface area (Å²) in [5, 5.41) is 9.18. The van der Waals surface area contributed by atoms with Gasteiger partial charge in [0.25, 0.3) is 5.56 Å². The lowest BCUT2D eigenvalue weighted by Gasteiger charge is -2.12. The van der Waals surface area contributed by atoms with Crippen LogP contribution in [-0.4, -0.2) is 30.8 Å². The van der Waals surface area contributed by atoms with Gasteiger partial charge in [0, 0.05) is 18.5 Å². The highest BCUT2D eigenvalue weighted by Crippen LogP contribution is 2.36. The molecule has 0 saturated carbocycles. The number of hydrogen-bond acceptors (Lipinski definition) is 7. The van der Waals surface area contributed by atoms with Crippen molar-refractivity contribution in [1.82, 2.24) is 23.7 Å². The van der Waals surface area contributed by atoms with Gasteiger partial charge in [-0.2, -0.15) is 5.26 Å². The summed E-state index contributed by atoms with van der Waals surface area (Å²) in [6.07, 6.45) is 2.82. The van der Waals surface area contributed by atoms with E-state index in [0.717, 1.165) is 15.9 Å². The number of methoxy groups -OCH3 is 1. The summed E-state index contributed by atoms with van der Waals surface area (Å²) in [5.74, 6) is -0.454. The van der Waals surface area contributed by atoms with E-state index in [2.05, 4.69) is 9.97 Å². The fourth-order valence-electron chi connectivity index (χ4n) is 4.30. The van der Waals surface area contributed by atoms with Crippen LogP contribution in [0.25, 0.3) is 37.4 Å². The second kappa shape index (κ2) is 8.62. The number of halogens is 1. The molecule has 0 unspecified atom stereocenters. The first-order valence-electron chi connectivity index (χ1n) is 10.8. The smallest absolute Gasteiger partial charge is 0.336 e. The number of imidazole rings is 1. The Bertz CT molecular complexity index is 1900. The number of nitrogens with one attached hydrogen (secondary N) is 1. The number of pyridine rings is 1. The van der Waals surface area contributed by atoms with E-state index in [1.54, 1.807) is 19.1 Å². The number of nitrogens with zero attached hydrogens (tertiary/aromatic N) is 5. The van der Waals surface area contributed by atoms with E-state index >= 15 is 0 Å². The maximum absolute atomic E-state index is 14.2. The summed E-state index contributed by atoms with van der Waals surface area (Å²) in [6, 6.07) is 6.61. The number of hydrogen-bond donors (Lipinski definition) is 1. The average molecular weight is 507 g/mol. The minimum absolute atomic E-state index is 0.0346. The van der Waals surface area contributed by atoms with Gasteiger partial charge in [0.05, 0.1) is 54.2 Å². The topological polar surface area (TPSA) is 128 Å². The molecule has 0 aliphatic carbocycles. The molecule has 5 rings (SSSR count). The second-order valence-electron chi connectivity index (χ2n) is 8.15. The zero-order valence-electron chi connectivity index (χ0n) is 19.5. The highest BCUT2D eigenvalue weighted by atomic mass is 32.1. The van der Waals surface area contributed by atoms with Crippen molar-refractivity contribution in [2.24, 2.45) is 7.05 Å². The van der Waals surface area contributed by atoms with Crippen molar-refractivity contribution in [3.63, 3.8) is 0 Å². The van der Waals surface area contributed by atoms with Crippen LogP contribution in [0.3, 0.4) is 0 Å². The summed E-state index contributed by atoms with van der Waals surface area (Å²) in [5.41, 5.74) is 0.828. The third-order valence-electron chi connectivity index (χ3n) is 6.06. The van der Waals surface area contributed by atoms with Gasteiger partial charge in [-0.25, -0.2) is 18.5 Å². The highest BCUT2D eigenvalue weighted by molar-refractivity contribution is 7.22. The number of H-pyrrole nitrogens is 1. The Kier molecular flexibility index (Phi) is 5.57. The summed E-state index contributed by atoms with van der Waals surface area (Å²) in [6.45, 7) is 1.78. The maximum Gasteiger partial charge on any atom is 0.336 e. The van der Waals surface area contributed by atoms with E-state index < -0.39 is 22.8 Å². The Morgan fingerprint density at radius 1 is 1.22 bits per heavy atom. The second-order valence-corrected chi connectivity index (χ2v) is 9.21. The lowest BCUT2D eigenvalue weighted by Crippen LogP contribution is -2.38. The molecule has 0 atom stereocenters. The number of ether oxygens (including phenoxy) is 1. The van der Waals surface area contributed by atoms with Gasteiger partial charge in [-0.05, 0) is 36.2 Å². The Labute approximate surface area is 206 Å². The van der Waals surface area contributed by atoms with Crippen LogP contribution in [0.4, 0.5) is 4.39 Å². The first-order valence-corrected chi connectivity index (χ1v) is 11.6. The van der Waals surface area contributed by atoms with Crippen LogP contribution in [-0.2, 0) is 13.6 Å². The Morgan fingerprint density at radius 3 is 2.72 bits per heavy atom. The third-order valence-corrected chi connectivity index (χ3v) is 7.20. The molecule has 0 bridgehead atoms. The highest BCUT2D eigenvalue weighted by Gasteiger charge is 2.22. The SMILES string of the molecule is COc1cc(-c2cc3c(s2)c(=O)n(-c2cncc4[nH]c(=O)n(C)c24)c(=O)n3CCC#N)c(C)cc1F. The molecule has 0 aliphatic heterocycles. The zero-order chi connectivity index (χ0) is 25.7. The van der Waals surface area contributed by atoms with Gasteiger partial charge in [0.2, 0.25) is 0 Å². The molecule has 4 aromatic heterocycles. The molecule has 10 nitrogen and oxygen atoms in total. The minimum Gasteiger partial charge on any atom is -0.494 e. The quantitative estimate of drug-likeness (QED) is 0.391. The molecule has 4 heterocycles. The molecule has 0 saturated heterocycles. The van der Waals surface area contributed by atoms with Crippen molar-refractivity contribution in [1.29, 1.82) is 5.26 Å². The molecule has 0 fully saturated rings. The van der Waals surface area contributed by atoms with E-state index in [1.807, 2.05) is 6.07 Å². The summed E-state index contributed by atoms with van der Waals surface area (Å²) in [4.78, 5) is 47.0. The molecule has 36 heavy (non-hydrogen) atoms. The monoisotopic (exact) mass is 506 g/mol. The Balaban J connectivity index is 1.87. The molecule has 1 aromatic carbocycles. The predicted molar refractivity (Wildman–Crippen MR) is 133 cm³/mol. The molecule has 12 heteroatoms. The van der Waals surface area contributed by atoms with Crippen LogP contribution in [0.5, 0.6) is 5.75 Å². The molecular weight excluding hydrogens is 487 g/mol. The molecule has 0 aliphatic rings. The number of thiophene rings is 1. The van der Waals surface area contributed by atoms with Gasteiger partial charge in [0.1, 0.15) is 4.70 Å². The zero-order valence-corrected chi connectivity index (χ0v) is 20.3. The van der Waals surface area contributed by atoms with Crippen molar-refractivity contribution in [3.05, 3.63) is 73.3 Å². The van der Waals surface area contributed by atoms with Gasteiger partial charge < -0.3 is 9.72 Å². The fraction of sp³-hybridized carbons (Fsp3) is 0.208. The number of benzene rings is 1. The first-order chi connectivity index (χ1) is 17.3. The maximum atomic E-state index is 14.2. The van der Waals surface area contributed by atoms with Crippen LogP contribution in [0.1, 0.15) is 12.0 Å². The lowest BCUT2D eigenvalue weighted by molar-refractivity contribution is 0.386. The van der Waals surface area contributed by atoms with Crippen molar-refractivity contribution < 1.29 is 9.13 Å². The molecule has 0 radical (unpaired) electrons. The molecule has 0 amide bonds. The number of fused-ring (bicyclic) bond motifs is 2. The van der Waals surface area contributed by atoms with Crippen molar-refractivity contribution >= 4 is 32.6 Å². The molecule has 182 valence electrons. The summed E-state index contributed by atoms with van der Waals surface area (Å²) >= 11 is 1.15. The van der Waals surface area contributed by atoms with Crippen LogP contribution < -0.4 is 21.7 Å². The van der Waals surface area contributed by atoms with Gasteiger partial charge >= 0.3 is 11.4 Å². The van der Waals surface area contributed by atoms with Crippen LogP contribution in [0.15, 0.2) is 45.0 Å². The van der Waals surface area contributed by atoms with Crippen molar-refractivity contribution in [3.8, 4) is 27.9 Å². The number of aromatic amines is 1.